The van der Waals surface area contributed by atoms with Gasteiger partial charge in [0.25, 0.3) is 0 Å². The number of fused-ring (bicyclic) bond motifs is 1. The van der Waals surface area contributed by atoms with E-state index in [0.29, 0.717) is 17.7 Å². The minimum Gasteiger partial charge on any atom is -0.387 e. The van der Waals surface area contributed by atoms with Gasteiger partial charge in [0.15, 0.2) is 11.5 Å². The largest absolute Gasteiger partial charge is 0.472 e. The summed E-state index contributed by atoms with van der Waals surface area (Å²) in [5.74, 6) is -0.491. The molecule has 58 heavy (non-hydrogen) atoms. The number of hydrogen-bond donors (Lipinski definition) is 4. The molecule has 0 saturated carbocycles. The Morgan fingerprint density at radius 1 is 1.00 bits per heavy atom. The van der Waals surface area contributed by atoms with Crippen LogP contribution in [0.5, 0.6) is 0 Å². The smallest absolute Gasteiger partial charge is 0.387 e. The quantitative estimate of drug-likeness (QED) is 0.0299. The van der Waals surface area contributed by atoms with E-state index in [2.05, 4.69) is 21.9 Å². The van der Waals surface area contributed by atoms with Gasteiger partial charge in [0.05, 0.1) is 38.7 Å². The molecule has 1 aliphatic rings. The van der Waals surface area contributed by atoms with Gasteiger partial charge in [-0.15, -0.1) is 0 Å². The highest BCUT2D eigenvalue weighted by molar-refractivity contribution is 7.47. The van der Waals surface area contributed by atoms with Crippen LogP contribution in [0.2, 0.25) is 0 Å². The lowest BCUT2D eigenvalue weighted by atomic mass is 9.92. The number of halogens is 1. The van der Waals surface area contributed by atoms with Crippen molar-refractivity contribution in [2.75, 3.05) is 32.2 Å². The van der Waals surface area contributed by atoms with Gasteiger partial charge in [0.2, 0.25) is 5.60 Å². The van der Waals surface area contributed by atoms with Crippen molar-refractivity contribution >= 4 is 24.8 Å². The average molecular weight is 831 g/mol. The fourth-order valence-electron chi connectivity index (χ4n) is 7.04. The third-order valence-corrected chi connectivity index (χ3v) is 11.3. The number of phosphoric acid groups is 1. The van der Waals surface area contributed by atoms with Crippen molar-refractivity contribution in [2.45, 2.75) is 146 Å². The van der Waals surface area contributed by atoms with Gasteiger partial charge in [-0.25, -0.2) is 23.3 Å². The molecule has 3 heterocycles. The normalized spacial score (nSPS) is 20.8. The summed E-state index contributed by atoms with van der Waals surface area (Å²) >= 11 is 0. The van der Waals surface area contributed by atoms with Crippen molar-refractivity contribution in [1.29, 1.82) is 5.26 Å². The van der Waals surface area contributed by atoms with E-state index in [1.807, 2.05) is 6.07 Å². The number of ether oxygens (including phenoxy) is 3. The van der Waals surface area contributed by atoms with Crippen LogP contribution in [0, 0.1) is 23.7 Å². The number of nitrogens with zero attached hydrogens (tertiary/aromatic N) is 5. The SMILES string of the molecule is [C-]#[N+]c1cc(F)cc(CO[C@@H](COCCCCCCCCCCCCCCCCCC)COP(=O)(O)OC[C@H]2O[C@@](C#N)(c3ccc4c(N)ncnn34)[C@H](O)[C@@H]2O)c1. The number of aliphatic hydroxyl groups is 2. The van der Waals surface area contributed by atoms with E-state index < -0.39 is 56.9 Å². The molecule has 15 nitrogen and oxygen atoms in total. The van der Waals surface area contributed by atoms with Gasteiger partial charge in [-0.1, -0.05) is 109 Å². The molecule has 0 amide bonds. The standard InChI is InChI=1S/C41H60FN6O9P/c1-3-4-5-6-7-8-9-10-11-12-13-14-15-16-17-18-21-53-26-34(54-25-31-22-32(42)24-33(23-31)45-2)27-55-58(51,52)56-28-36-38(49)39(50)41(29-43,57-36)37-20-19-35-40(44)46-30-47-48(35)37/h19-20,22-24,30,34,36,38-39,49-50H,3-18,21,25-28H2,1H3,(H,51,52)(H2,44,46,47)/t34-,36+,38+,39+,41-/m0/s1. The predicted octanol–water partition coefficient (Wildman–Crippen LogP) is 7.84. The zero-order valence-corrected chi connectivity index (χ0v) is 34.4. The lowest BCUT2D eigenvalue weighted by Crippen LogP contribution is -2.41. The summed E-state index contributed by atoms with van der Waals surface area (Å²) in [7, 11) is -4.83. The Morgan fingerprint density at radius 3 is 2.26 bits per heavy atom. The van der Waals surface area contributed by atoms with Crippen molar-refractivity contribution < 1.29 is 47.3 Å². The van der Waals surface area contributed by atoms with Crippen LogP contribution in [-0.4, -0.2) is 80.5 Å². The van der Waals surface area contributed by atoms with Crippen molar-refractivity contribution in [3.05, 3.63) is 65.2 Å². The van der Waals surface area contributed by atoms with Crippen molar-refractivity contribution in [3.63, 3.8) is 0 Å². The molecular formula is C41H60FN6O9P. The molecule has 4 rings (SSSR count). The summed E-state index contributed by atoms with van der Waals surface area (Å²) in [6, 6.07) is 8.67. The number of benzene rings is 1. The fourth-order valence-corrected chi connectivity index (χ4v) is 7.80. The highest BCUT2D eigenvalue weighted by atomic mass is 31.2. The second-order valence-electron chi connectivity index (χ2n) is 14.9. The Kier molecular flexibility index (Phi) is 19.9. The Bertz CT molecular complexity index is 1820. The Balaban J connectivity index is 1.20. The molecule has 0 aliphatic carbocycles. The van der Waals surface area contributed by atoms with Crippen LogP contribution in [0.25, 0.3) is 10.4 Å². The Hall–Kier alpha value is -3.54. The van der Waals surface area contributed by atoms with E-state index >= 15 is 0 Å². The number of anilines is 1. The topological polar surface area (TPSA) is 208 Å². The summed E-state index contributed by atoms with van der Waals surface area (Å²) in [6.45, 7) is 8.55. The Labute approximate surface area is 341 Å². The van der Waals surface area contributed by atoms with Crippen LogP contribution in [0.3, 0.4) is 0 Å². The number of unbranched alkanes of at least 4 members (excludes halogenated alkanes) is 15. The first kappa shape index (κ1) is 47.1. The zero-order valence-electron chi connectivity index (χ0n) is 33.6. The summed E-state index contributed by atoms with van der Waals surface area (Å²) in [5.41, 5.74) is 4.64. The minimum atomic E-state index is -4.83. The molecule has 0 bridgehead atoms. The average Bonchev–Trinajstić information content (AvgIpc) is 3.76. The van der Waals surface area contributed by atoms with Gasteiger partial charge in [0.1, 0.15) is 48.1 Å². The zero-order chi connectivity index (χ0) is 41.8. The van der Waals surface area contributed by atoms with Gasteiger partial charge in [-0.05, 0) is 36.2 Å². The molecule has 1 aliphatic heterocycles. The molecular weight excluding hydrogens is 770 g/mol. The van der Waals surface area contributed by atoms with Gasteiger partial charge < -0.3 is 35.1 Å². The molecule has 1 fully saturated rings. The molecule has 1 aromatic carbocycles. The molecule has 0 radical (unpaired) electrons. The highest BCUT2D eigenvalue weighted by Crippen LogP contribution is 2.46. The van der Waals surface area contributed by atoms with E-state index in [4.69, 9.17) is 35.6 Å². The van der Waals surface area contributed by atoms with Crippen LogP contribution >= 0.6 is 7.82 Å². The predicted molar refractivity (Wildman–Crippen MR) is 215 cm³/mol. The van der Waals surface area contributed by atoms with Crippen molar-refractivity contribution in [3.8, 4) is 6.07 Å². The number of phosphoric ester groups is 1. The monoisotopic (exact) mass is 830 g/mol. The molecule has 5 N–H and O–H groups in total. The van der Waals surface area contributed by atoms with Crippen LogP contribution < -0.4 is 5.73 Å². The summed E-state index contributed by atoms with van der Waals surface area (Å²) in [6.07, 6.45) is 15.4. The van der Waals surface area contributed by atoms with Gasteiger partial charge in [0, 0.05) is 6.61 Å². The third kappa shape index (κ3) is 14.3. The van der Waals surface area contributed by atoms with Gasteiger partial charge >= 0.3 is 7.82 Å². The second-order valence-corrected chi connectivity index (χ2v) is 16.4. The maximum atomic E-state index is 14.1. The lowest BCUT2D eigenvalue weighted by molar-refractivity contribution is -0.0690. The summed E-state index contributed by atoms with van der Waals surface area (Å²) < 4.78 is 56.3. The molecule has 17 heteroatoms. The number of hydrogen-bond acceptors (Lipinski definition) is 12. The number of aromatic nitrogens is 3. The molecule has 3 aromatic rings. The van der Waals surface area contributed by atoms with E-state index in [0.717, 1.165) is 31.7 Å². The number of nitrogens with two attached hydrogens (primary N) is 1. The molecule has 2 aromatic heterocycles. The summed E-state index contributed by atoms with van der Waals surface area (Å²) in [4.78, 5) is 17.7. The van der Waals surface area contributed by atoms with Crippen molar-refractivity contribution in [1.82, 2.24) is 14.6 Å². The lowest BCUT2D eigenvalue weighted by Gasteiger charge is -2.24. The molecule has 6 atom stereocenters. The molecule has 1 saturated heterocycles. The summed E-state index contributed by atoms with van der Waals surface area (Å²) in [5, 5.41) is 36.0. The van der Waals surface area contributed by atoms with E-state index in [1.54, 1.807) is 0 Å². The fraction of sp³-hybridized carbons (Fsp3) is 0.659. The highest BCUT2D eigenvalue weighted by Gasteiger charge is 2.58. The number of nitriles is 1. The van der Waals surface area contributed by atoms with E-state index in [-0.39, 0.29) is 30.4 Å². The first-order valence-corrected chi connectivity index (χ1v) is 22.0. The first-order chi connectivity index (χ1) is 28.0. The third-order valence-electron chi connectivity index (χ3n) is 10.3. The van der Waals surface area contributed by atoms with Crippen LogP contribution in [0.15, 0.2) is 36.7 Å². The maximum absolute atomic E-state index is 14.1. The van der Waals surface area contributed by atoms with Crippen LogP contribution in [0.4, 0.5) is 15.9 Å². The number of aliphatic hydroxyl groups excluding tert-OH is 2. The van der Waals surface area contributed by atoms with Crippen molar-refractivity contribution in [2.24, 2.45) is 0 Å². The van der Waals surface area contributed by atoms with E-state index in [9.17, 15) is 29.3 Å². The first-order valence-electron chi connectivity index (χ1n) is 20.6. The van der Waals surface area contributed by atoms with Gasteiger partial charge in [-0.3, -0.25) is 9.05 Å². The Morgan fingerprint density at radius 2 is 1.64 bits per heavy atom. The van der Waals surface area contributed by atoms with E-state index in [1.165, 1.54) is 112 Å². The molecule has 320 valence electrons. The number of rotatable bonds is 29. The minimum absolute atomic E-state index is 0.00952. The second kappa shape index (κ2) is 24.5. The van der Waals surface area contributed by atoms with Crippen LogP contribution in [0.1, 0.15) is 121 Å². The van der Waals surface area contributed by atoms with Crippen LogP contribution in [-0.2, 0) is 40.0 Å². The maximum Gasteiger partial charge on any atom is 0.472 e. The van der Waals surface area contributed by atoms with Gasteiger partial charge in [-0.2, -0.15) is 10.4 Å². The number of nitrogen functional groups attached to an aromatic ring is 1. The molecule has 0 spiro atoms. The molecule has 1 unspecified atom stereocenters.